The normalized spacial score (nSPS) is 13.2. The van der Waals surface area contributed by atoms with Crippen LogP contribution in [0.3, 0.4) is 0 Å². The highest BCUT2D eigenvalue weighted by Crippen LogP contribution is 1.86. The van der Waals surface area contributed by atoms with Crippen molar-refractivity contribution in [1.29, 1.82) is 0 Å². The minimum atomic E-state index is -1.34. The molecule has 0 rings (SSSR count). The van der Waals surface area contributed by atoms with Gasteiger partial charge in [-0.05, 0) is 0 Å². The van der Waals surface area contributed by atoms with Crippen molar-refractivity contribution < 1.29 is 15.1 Å². The first-order chi connectivity index (χ1) is 3.66. The Bertz CT molecular complexity index is 83.4. The standard InChI is InChI=1S/C3H6NO4/c5-2-3(6)1-4(7)8/h1,3,5-6H,2H2. The minimum Gasteiger partial charge on any atom is -0.393 e. The minimum absolute atomic E-state index is 0.417. The molecule has 1 unspecified atom stereocenters. The Kier molecular flexibility index (Phi) is 3.05. The summed E-state index contributed by atoms with van der Waals surface area (Å²) in [5.74, 6) is 0. The maximum atomic E-state index is 9.45. The van der Waals surface area contributed by atoms with Crippen molar-refractivity contribution >= 4 is 0 Å². The van der Waals surface area contributed by atoms with Gasteiger partial charge in [0.05, 0.1) is 6.61 Å². The second kappa shape index (κ2) is 3.34. The zero-order chi connectivity index (χ0) is 6.57. The molecule has 0 amide bonds. The summed E-state index contributed by atoms with van der Waals surface area (Å²) in [5, 5.41) is 25.7. The average Bonchev–Trinajstić information content (AvgIpc) is 1.65. The van der Waals surface area contributed by atoms with E-state index >= 15 is 0 Å². The molecule has 8 heavy (non-hydrogen) atoms. The van der Waals surface area contributed by atoms with Gasteiger partial charge in [0, 0.05) is 4.92 Å². The van der Waals surface area contributed by atoms with E-state index in [4.69, 9.17) is 10.2 Å². The quantitative estimate of drug-likeness (QED) is 0.361. The summed E-state index contributed by atoms with van der Waals surface area (Å²) in [6.45, 7) is -0.193. The molecule has 0 fully saturated rings. The van der Waals surface area contributed by atoms with Gasteiger partial charge in [-0.15, -0.1) is 0 Å². The zero-order valence-corrected chi connectivity index (χ0v) is 4.02. The van der Waals surface area contributed by atoms with E-state index in [2.05, 4.69) is 0 Å². The van der Waals surface area contributed by atoms with Crippen LogP contribution in [0.15, 0.2) is 0 Å². The summed E-state index contributed by atoms with van der Waals surface area (Å²) in [5.41, 5.74) is 0. The van der Waals surface area contributed by atoms with Gasteiger partial charge in [-0.2, -0.15) is 0 Å². The fraction of sp³-hybridized carbons (Fsp3) is 0.667. The molecule has 0 aliphatic heterocycles. The molecule has 0 aromatic carbocycles. The van der Waals surface area contributed by atoms with Crippen LogP contribution in [0, 0.1) is 16.7 Å². The van der Waals surface area contributed by atoms with Crippen LogP contribution in [0.25, 0.3) is 0 Å². The number of nitrogens with zero attached hydrogens (tertiary/aromatic N) is 1. The molecule has 1 radical (unpaired) electrons. The van der Waals surface area contributed by atoms with Crippen molar-refractivity contribution in [3.63, 3.8) is 0 Å². The fourth-order valence-corrected chi connectivity index (χ4v) is 0.188. The first-order valence-corrected chi connectivity index (χ1v) is 1.94. The van der Waals surface area contributed by atoms with Gasteiger partial charge in [0.1, 0.15) is 0 Å². The Morgan fingerprint density at radius 3 is 2.50 bits per heavy atom. The monoisotopic (exact) mass is 120 g/mol. The van der Waals surface area contributed by atoms with Crippen molar-refractivity contribution in [2.75, 3.05) is 6.61 Å². The van der Waals surface area contributed by atoms with Crippen molar-refractivity contribution in [1.82, 2.24) is 0 Å². The topological polar surface area (TPSA) is 83.6 Å². The molecule has 0 aliphatic carbocycles. The van der Waals surface area contributed by atoms with Gasteiger partial charge in [0.2, 0.25) is 0 Å². The third-order valence-corrected chi connectivity index (χ3v) is 0.481. The van der Waals surface area contributed by atoms with Crippen molar-refractivity contribution in [2.45, 2.75) is 6.10 Å². The predicted molar refractivity (Wildman–Crippen MR) is 24.4 cm³/mol. The molecule has 1 atom stereocenters. The van der Waals surface area contributed by atoms with E-state index in [0.29, 0.717) is 6.54 Å². The van der Waals surface area contributed by atoms with E-state index in [1.165, 1.54) is 0 Å². The maximum absolute atomic E-state index is 9.45. The van der Waals surface area contributed by atoms with Gasteiger partial charge >= 0.3 is 6.54 Å². The van der Waals surface area contributed by atoms with Crippen LogP contribution in [0.1, 0.15) is 0 Å². The van der Waals surface area contributed by atoms with Crippen molar-refractivity contribution in [3.8, 4) is 0 Å². The van der Waals surface area contributed by atoms with Crippen LogP contribution in [-0.2, 0) is 0 Å². The van der Waals surface area contributed by atoms with E-state index in [0.717, 1.165) is 0 Å². The van der Waals surface area contributed by atoms with E-state index in [-0.39, 0.29) is 0 Å². The largest absolute Gasteiger partial charge is 0.393 e. The van der Waals surface area contributed by atoms with Crippen LogP contribution in [-0.4, -0.2) is 27.8 Å². The third-order valence-electron chi connectivity index (χ3n) is 0.481. The third kappa shape index (κ3) is 3.51. The fourth-order valence-electron chi connectivity index (χ4n) is 0.188. The highest BCUT2D eigenvalue weighted by molar-refractivity contribution is 4.60. The molecule has 0 aliphatic rings. The number of aliphatic hydroxyl groups is 2. The highest BCUT2D eigenvalue weighted by atomic mass is 16.6. The number of hydrogen-bond donors (Lipinski definition) is 2. The molecule has 0 saturated heterocycles. The molecule has 0 aromatic rings. The van der Waals surface area contributed by atoms with Gasteiger partial charge in [0.25, 0.3) is 0 Å². The first kappa shape index (κ1) is 7.32. The van der Waals surface area contributed by atoms with Crippen LogP contribution >= 0.6 is 0 Å². The zero-order valence-electron chi connectivity index (χ0n) is 4.02. The van der Waals surface area contributed by atoms with Crippen molar-refractivity contribution in [2.24, 2.45) is 0 Å². The summed E-state index contributed by atoms with van der Waals surface area (Å²) in [7, 11) is 0. The van der Waals surface area contributed by atoms with Crippen LogP contribution in [0.5, 0.6) is 0 Å². The molecule has 2 N–H and O–H groups in total. The smallest absolute Gasteiger partial charge is 0.309 e. The summed E-state index contributed by atoms with van der Waals surface area (Å²) in [4.78, 5) is 8.64. The summed E-state index contributed by atoms with van der Waals surface area (Å²) in [6, 6.07) is 0. The summed E-state index contributed by atoms with van der Waals surface area (Å²) >= 11 is 0. The lowest BCUT2D eigenvalue weighted by Crippen LogP contribution is -2.16. The second-order valence-corrected chi connectivity index (χ2v) is 1.18. The number of aliphatic hydroxyl groups excluding tert-OH is 2. The number of hydrogen-bond acceptors (Lipinski definition) is 4. The Morgan fingerprint density at radius 2 is 2.38 bits per heavy atom. The number of rotatable bonds is 3. The van der Waals surface area contributed by atoms with Gasteiger partial charge in [-0.3, -0.25) is 10.1 Å². The Hall–Kier alpha value is -0.680. The molecule has 5 nitrogen and oxygen atoms in total. The molecule has 47 valence electrons. The average molecular weight is 120 g/mol. The SMILES string of the molecule is O=[N+]([O-])[CH]C(O)CO. The molecule has 5 heteroatoms. The van der Waals surface area contributed by atoms with Gasteiger partial charge in [-0.1, -0.05) is 0 Å². The van der Waals surface area contributed by atoms with Crippen LogP contribution in [0.4, 0.5) is 0 Å². The predicted octanol–water partition coefficient (Wildman–Crippen LogP) is -1.22. The van der Waals surface area contributed by atoms with Gasteiger partial charge < -0.3 is 10.2 Å². The first-order valence-electron chi connectivity index (χ1n) is 1.94. The van der Waals surface area contributed by atoms with Crippen LogP contribution in [0.2, 0.25) is 0 Å². The van der Waals surface area contributed by atoms with Crippen molar-refractivity contribution in [3.05, 3.63) is 16.7 Å². The molecule has 0 bridgehead atoms. The molecule has 0 saturated carbocycles. The second-order valence-electron chi connectivity index (χ2n) is 1.18. The number of nitro groups is 1. The Morgan fingerprint density at radius 1 is 1.88 bits per heavy atom. The van der Waals surface area contributed by atoms with E-state index in [1.54, 1.807) is 0 Å². The summed E-state index contributed by atoms with van der Waals surface area (Å²) in [6.07, 6.45) is -1.34. The van der Waals surface area contributed by atoms with E-state index in [1.807, 2.05) is 0 Å². The molecule has 0 heterocycles. The van der Waals surface area contributed by atoms with E-state index in [9.17, 15) is 10.1 Å². The van der Waals surface area contributed by atoms with Crippen LogP contribution < -0.4 is 0 Å². The highest BCUT2D eigenvalue weighted by Gasteiger charge is 2.10. The Balaban J connectivity index is 3.24. The lowest BCUT2D eigenvalue weighted by Gasteiger charge is -1.95. The van der Waals surface area contributed by atoms with Gasteiger partial charge in [-0.25, -0.2) is 0 Å². The Labute approximate surface area is 45.7 Å². The van der Waals surface area contributed by atoms with E-state index < -0.39 is 17.6 Å². The molecule has 0 spiro atoms. The maximum Gasteiger partial charge on any atom is 0.309 e. The summed E-state index contributed by atoms with van der Waals surface area (Å²) < 4.78 is 0. The lowest BCUT2D eigenvalue weighted by molar-refractivity contribution is -0.447. The molecular weight excluding hydrogens is 114 g/mol. The molecular formula is C3H6NO4. The lowest BCUT2D eigenvalue weighted by atomic mass is 10.4. The molecule has 0 aromatic heterocycles. The van der Waals surface area contributed by atoms with Gasteiger partial charge in [0.15, 0.2) is 6.10 Å².